The predicted molar refractivity (Wildman–Crippen MR) is 105 cm³/mol. The molecule has 0 saturated heterocycles. The molecule has 122 valence electrons. The Morgan fingerprint density at radius 2 is 1.52 bits per heavy atom. The average Bonchev–Trinajstić information content (AvgIpc) is 2.67. The normalized spacial score (nSPS) is 12.2. The van der Waals surface area contributed by atoms with E-state index >= 15 is 0 Å². The van der Waals surface area contributed by atoms with Gasteiger partial charge in [0.25, 0.3) is 0 Å². The summed E-state index contributed by atoms with van der Waals surface area (Å²) in [6.07, 6.45) is 0. The number of pyridine rings is 1. The van der Waals surface area contributed by atoms with Gasteiger partial charge in [0.05, 0.1) is 17.4 Å². The zero-order valence-electron chi connectivity index (χ0n) is 13.6. The molecule has 3 heteroatoms. The molecule has 0 aliphatic rings. The van der Waals surface area contributed by atoms with Gasteiger partial charge >= 0.3 is 0 Å². The maximum absolute atomic E-state index is 6.42. The van der Waals surface area contributed by atoms with Crippen LogP contribution in [0.4, 0.5) is 0 Å². The molecule has 0 aliphatic heterocycles. The molecule has 4 rings (SSSR count). The number of fused-ring (bicyclic) bond motifs is 1. The molecule has 1 atom stereocenters. The number of aromatic nitrogens is 1. The monoisotopic (exact) mass is 344 g/mol. The summed E-state index contributed by atoms with van der Waals surface area (Å²) in [7, 11) is 0. The minimum absolute atomic E-state index is 0.311. The van der Waals surface area contributed by atoms with Crippen molar-refractivity contribution in [3.8, 4) is 11.3 Å². The molecule has 0 aliphatic carbocycles. The van der Waals surface area contributed by atoms with Gasteiger partial charge in [0, 0.05) is 10.6 Å². The molecule has 2 nitrogen and oxygen atoms in total. The second-order valence-electron chi connectivity index (χ2n) is 6.01. The molecular formula is C22H17ClN2. The summed E-state index contributed by atoms with van der Waals surface area (Å²) in [6.45, 7) is 0. The maximum atomic E-state index is 6.42. The van der Waals surface area contributed by atoms with Crippen molar-refractivity contribution in [3.63, 3.8) is 0 Å². The van der Waals surface area contributed by atoms with E-state index in [4.69, 9.17) is 22.3 Å². The fourth-order valence-electron chi connectivity index (χ4n) is 3.09. The molecule has 1 unspecified atom stereocenters. The molecule has 0 spiro atoms. The van der Waals surface area contributed by atoms with Crippen molar-refractivity contribution in [3.05, 3.63) is 101 Å². The van der Waals surface area contributed by atoms with Gasteiger partial charge in [-0.15, -0.1) is 0 Å². The number of benzene rings is 3. The predicted octanol–water partition coefficient (Wildman–Crippen LogP) is 5.60. The van der Waals surface area contributed by atoms with Gasteiger partial charge in [-0.2, -0.15) is 0 Å². The first kappa shape index (κ1) is 15.8. The van der Waals surface area contributed by atoms with Crippen LogP contribution in [-0.4, -0.2) is 4.98 Å². The van der Waals surface area contributed by atoms with Crippen LogP contribution in [0.15, 0.2) is 84.9 Å². The third kappa shape index (κ3) is 3.14. The molecule has 0 bridgehead atoms. The van der Waals surface area contributed by atoms with E-state index in [-0.39, 0.29) is 6.04 Å². The van der Waals surface area contributed by atoms with E-state index in [9.17, 15) is 0 Å². The van der Waals surface area contributed by atoms with Crippen LogP contribution >= 0.6 is 11.6 Å². The lowest BCUT2D eigenvalue weighted by Gasteiger charge is -2.14. The number of rotatable bonds is 3. The summed E-state index contributed by atoms with van der Waals surface area (Å²) in [5.41, 5.74) is 10.1. The van der Waals surface area contributed by atoms with E-state index in [1.165, 1.54) is 5.39 Å². The van der Waals surface area contributed by atoms with Crippen molar-refractivity contribution in [1.29, 1.82) is 0 Å². The molecule has 0 fully saturated rings. The molecule has 0 amide bonds. The molecule has 1 aromatic heterocycles. The van der Waals surface area contributed by atoms with Crippen LogP contribution in [0.25, 0.3) is 22.0 Å². The van der Waals surface area contributed by atoms with Crippen molar-refractivity contribution >= 4 is 22.4 Å². The van der Waals surface area contributed by atoms with Crippen LogP contribution in [0.2, 0.25) is 5.02 Å². The Morgan fingerprint density at radius 1 is 0.800 bits per heavy atom. The second kappa shape index (κ2) is 6.67. The Balaban J connectivity index is 1.85. The van der Waals surface area contributed by atoms with E-state index in [1.54, 1.807) is 0 Å². The van der Waals surface area contributed by atoms with E-state index in [2.05, 4.69) is 24.3 Å². The smallest absolute Gasteiger partial charge is 0.0727 e. The number of hydrogen-bond donors (Lipinski definition) is 1. The summed E-state index contributed by atoms with van der Waals surface area (Å²) < 4.78 is 0. The highest BCUT2D eigenvalue weighted by Crippen LogP contribution is 2.31. The summed E-state index contributed by atoms with van der Waals surface area (Å²) in [5, 5.41) is 2.97. The molecule has 0 radical (unpaired) electrons. The zero-order valence-corrected chi connectivity index (χ0v) is 14.3. The third-order valence-corrected chi connectivity index (χ3v) is 4.57. The highest BCUT2D eigenvalue weighted by Gasteiger charge is 2.14. The maximum Gasteiger partial charge on any atom is 0.0727 e. The molecule has 1 heterocycles. The van der Waals surface area contributed by atoms with Crippen LogP contribution in [0.5, 0.6) is 0 Å². The summed E-state index contributed by atoms with van der Waals surface area (Å²) in [4.78, 5) is 4.82. The first-order valence-electron chi connectivity index (χ1n) is 8.18. The van der Waals surface area contributed by atoms with Gasteiger partial charge in [0.15, 0.2) is 0 Å². The number of nitrogens with two attached hydrogens (primary N) is 1. The Morgan fingerprint density at radius 3 is 2.36 bits per heavy atom. The SMILES string of the molecule is NC(c1ccccc1)c1cc(Cl)cc(-c2cccc3ccccc23)n1. The lowest BCUT2D eigenvalue weighted by Crippen LogP contribution is -2.13. The Labute approximate surface area is 151 Å². The first-order valence-corrected chi connectivity index (χ1v) is 8.56. The third-order valence-electron chi connectivity index (χ3n) is 4.35. The van der Waals surface area contributed by atoms with Crippen LogP contribution in [0, 0.1) is 0 Å². The van der Waals surface area contributed by atoms with Gasteiger partial charge in [0.1, 0.15) is 0 Å². The number of nitrogens with zero attached hydrogens (tertiary/aromatic N) is 1. The fraction of sp³-hybridized carbons (Fsp3) is 0.0455. The fourth-order valence-corrected chi connectivity index (χ4v) is 3.31. The number of hydrogen-bond acceptors (Lipinski definition) is 2. The summed E-state index contributed by atoms with van der Waals surface area (Å²) in [5.74, 6) is 0. The quantitative estimate of drug-likeness (QED) is 0.525. The molecule has 2 N–H and O–H groups in total. The van der Waals surface area contributed by atoms with E-state index in [1.807, 2.05) is 60.7 Å². The number of halogens is 1. The average molecular weight is 345 g/mol. The van der Waals surface area contributed by atoms with Crippen LogP contribution in [-0.2, 0) is 0 Å². The van der Waals surface area contributed by atoms with E-state index < -0.39 is 0 Å². The van der Waals surface area contributed by atoms with Crippen molar-refractivity contribution in [2.24, 2.45) is 5.73 Å². The van der Waals surface area contributed by atoms with Gasteiger partial charge < -0.3 is 5.73 Å². The Kier molecular flexibility index (Phi) is 4.22. The van der Waals surface area contributed by atoms with E-state index in [0.29, 0.717) is 5.02 Å². The van der Waals surface area contributed by atoms with Gasteiger partial charge in [-0.1, -0.05) is 84.4 Å². The summed E-state index contributed by atoms with van der Waals surface area (Å²) >= 11 is 6.39. The minimum Gasteiger partial charge on any atom is -0.319 e. The van der Waals surface area contributed by atoms with Crippen molar-refractivity contribution in [2.75, 3.05) is 0 Å². The summed E-state index contributed by atoms with van der Waals surface area (Å²) in [6, 6.07) is 27.8. The lowest BCUT2D eigenvalue weighted by atomic mass is 10.00. The molecular weight excluding hydrogens is 328 g/mol. The van der Waals surface area contributed by atoms with E-state index in [0.717, 1.165) is 27.9 Å². The first-order chi connectivity index (χ1) is 12.2. The second-order valence-corrected chi connectivity index (χ2v) is 6.45. The van der Waals surface area contributed by atoms with Gasteiger partial charge in [-0.05, 0) is 28.5 Å². The molecule has 0 saturated carbocycles. The van der Waals surface area contributed by atoms with Gasteiger partial charge in [-0.25, -0.2) is 0 Å². The van der Waals surface area contributed by atoms with Crippen LogP contribution in [0.3, 0.4) is 0 Å². The van der Waals surface area contributed by atoms with Crippen molar-refractivity contribution < 1.29 is 0 Å². The van der Waals surface area contributed by atoms with Crippen molar-refractivity contribution in [1.82, 2.24) is 4.98 Å². The molecule has 3 aromatic carbocycles. The van der Waals surface area contributed by atoms with Crippen LogP contribution < -0.4 is 5.73 Å². The largest absolute Gasteiger partial charge is 0.319 e. The van der Waals surface area contributed by atoms with Crippen LogP contribution in [0.1, 0.15) is 17.3 Å². The lowest BCUT2D eigenvalue weighted by molar-refractivity contribution is 0.831. The zero-order chi connectivity index (χ0) is 17.2. The minimum atomic E-state index is -0.311. The van der Waals surface area contributed by atoms with Gasteiger partial charge in [-0.3, -0.25) is 4.98 Å². The topological polar surface area (TPSA) is 38.9 Å². The standard InChI is InChI=1S/C22H17ClN2/c23-17-13-20(19-12-6-10-15-7-4-5-11-18(15)19)25-21(14-17)22(24)16-8-2-1-3-9-16/h1-14,22H,24H2. The Bertz CT molecular complexity index is 1020. The van der Waals surface area contributed by atoms with Gasteiger partial charge in [0.2, 0.25) is 0 Å². The Hall–Kier alpha value is -2.68. The highest BCUT2D eigenvalue weighted by molar-refractivity contribution is 6.30. The molecule has 25 heavy (non-hydrogen) atoms. The molecule has 4 aromatic rings. The van der Waals surface area contributed by atoms with Crippen molar-refractivity contribution in [2.45, 2.75) is 6.04 Å². The highest BCUT2D eigenvalue weighted by atomic mass is 35.5.